The van der Waals surface area contributed by atoms with Gasteiger partial charge in [0.2, 0.25) is 0 Å². The minimum absolute atomic E-state index is 0.622. The topological polar surface area (TPSA) is 44.9 Å². The van der Waals surface area contributed by atoms with E-state index in [9.17, 15) is 5.26 Å². The number of anilines is 3. The molecule has 0 amide bonds. The average molecular weight is 665 g/mol. The summed E-state index contributed by atoms with van der Waals surface area (Å²) in [5, 5.41) is 12.1. The van der Waals surface area contributed by atoms with Crippen LogP contribution < -0.4 is 4.90 Å². The molecule has 0 radical (unpaired) electrons. The van der Waals surface area contributed by atoms with Crippen LogP contribution in [0.15, 0.2) is 194 Å². The van der Waals surface area contributed by atoms with Gasteiger partial charge >= 0.3 is 0 Å². The number of nitriles is 1. The minimum Gasteiger partial charge on any atom is -0.310 e. The number of benzene rings is 7. The van der Waals surface area contributed by atoms with Crippen LogP contribution in [-0.2, 0) is 0 Å². The van der Waals surface area contributed by atoms with Crippen molar-refractivity contribution in [1.82, 2.24) is 9.55 Å². The van der Waals surface area contributed by atoms with Crippen LogP contribution in [0.2, 0.25) is 0 Å². The third kappa shape index (κ3) is 5.67. The zero-order valence-corrected chi connectivity index (χ0v) is 28.3. The van der Waals surface area contributed by atoms with Crippen LogP contribution in [0.1, 0.15) is 5.56 Å². The number of fused-ring (bicyclic) bond motifs is 3. The second-order valence-corrected chi connectivity index (χ2v) is 12.8. The predicted molar refractivity (Wildman–Crippen MR) is 214 cm³/mol. The Kier molecular flexibility index (Phi) is 7.85. The van der Waals surface area contributed by atoms with Crippen LogP contribution >= 0.6 is 0 Å². The normalized spacial score (nSPS) is 11.1. The van der Waals surface area contributed by atoms with Crippen molar-refractivity contribution in [3.05, 3.63) is 200 Å². The van der Waals surface area contributed by atoms with Crippen LogP contribution in [0, 0.1) is 11.3 Å². The SMILES string of the molecule is N#Cc1cccc(-c2cc(-c3cccc(-c4ccccc4)n3)cc(-n3c4ccccc4c4ccc(N(c5ccccc5)c5ccccc5)cc43)c2)c1. The molecule has 0 spiro atoms. The maximum Gasteiger partial charge on any atom is 0.0991 e. The van der Waals surface area contributed by atoms with Gasteiger partial charge in [0.05, 0.1) is 34.1 Å². The molecule has 0 saturated heterocycles. The zero-order chi connectivity index (χ0) is 34.9. The molecule has 4 heteroatoms. The summed E-state index contributed by atoms with van der Waals surface area (Å²) < 4.78 is 2.37. The Balaban J connectivity index is 1.30. The highest BCUT2D eigenvalue weighted by Gasteiger charge is 2.19. The lowest BCUT2D eigenvalue weighted by molar-refractivity contribution is 1.17. The average Bonchev–Trinajstić information content (AvgIpc) is 3.56. The van der Waals surface area contributed by atoms with Crippen molar-refractivity contribution in [3.8, 4) is 45.4 Å². The summed E-state index contributed by atoms with van der Waals surface area (Å²) >= 11 is 0. The first kappa shape index (κ1) is 30.8. The Morgan fingerprint density at radius 2 is 1.02 bits per heavy atom. The fourth-order valence-electron chi connectivity index (χ4n) is 7.17. The predicted octanol–water partition coefficient (Wildman–Crippen LogP) is 12.5. The van der Waals surface area contributed by atoms with E-state index in [-0.39, 0.29) is 0 Å². The van der Waals surface area contributed by atoms with Crippen LogP contribution in [0.3, 0.4) is 0 Å². The summed E-state index contributed by atoms with van der Waals surface area (Å²) in [4.78, 5) is 7.47. The first-order chi connectivity index (χ1) is 25.7. The van der Waals surface area contributed by atoms with E-state index in [1.54, 1.807) is 0 Å². The highest BCUT2D eigenvalue weighted by molar-refractivity contribution is 6.10. The van der Waals surface area contributed by atoms with Gasteiger partial charge in [-0.1, -0.05) is 109 Å². The van der Waals surface area contributed by atoms with Crippen molar-refractivity contribution in [2.24, 2.45) is 0 Å². The molecular weight excluding hydrogens is 633 g/mol. The largest absolute Gasteiger partial charge is 0.310 e. The van der Waals surface area contributed by atoms with Crippen molar-refractivity contribution in [2.75, 3.05) is 4.90 Å². The minimum atomic E-state index is 0.622. The van der Waals surface area contributed by atoms with E-state index < -0.39 is 0 Å². The van der Waals surface area contributed by atoms with Gasteiger partial charge in [0.25, 0.3) is 0 Å². The van der Waals surface area contributed by atoms with Gasteiger partial charge in [-0.2, -0.15) is 5.26 Å². The van der Waals surface area contributed by atoms with Crippen molar-refractivity contribution in [1.29, 1.82) is 5.26 Å². The zero-order valence-electron chi connectivity index (χ0n) is 28.3. The Morgan fingerprint density at radius 1 is 0.423 bits per heavy atom. The number of hydrogen-bond donors (Lipinski definition) is 0. The van der Waals surface area contributed by atoms with Crippen LogP contribution in [0.25, 0.3) is 61.1 Å². The molecule has 0 bridgehead atoms. The molecule has 52 heavy (non-hydrogen) atoms. The van der Waals surface area contributed by atoms with Gasteiger partial charge in [-0.3, -0.25) is 0 Å². The second kappa shape index (κ2) is 13.2. The molecular formula is C48H32N4. The van der Waals surface area contributed by atoms with Gasteiger partial charge in [0.1, 0.15) is 0 Å². The maximum atomic E-state index is 9.79. The Hall–Kier alpha value is -7.22. The molecule has 7 aromatic carbocycles. The van der Waals surface area contributed by atoms with Crippen molar-refractivity contribution in [3.63, 3.8) is 0 Å². The number of rotatable bonds is 7. The number of pyridine rings is 1. The summed E-state index contributed by atoms with van der Waals surface area (Å²) in [5.74, 6) is 0. The fourth-order valence-corrected chi connectivity index (χ4v) is 7.17. The summed E-state index contributed by atoms with van der Waals surface area (Å²) in [6, 6.07) is 69.6. The van der Waals surface area contributed by atoms with E-state index >= 15 is 0 Å². The number of nitrogens with zero attached hydrogens (tertiary/aromatic N) is 4. The second-order valence-electron chi connectivity index (χ2n) is 12.8. The molecule has 0 N–H and O–H groups in total. The maximum absolute atomic E-state index is 9.79. The Labute approximate surface area is 302 Å². The molecule has 0 aliphatic heterocycles. The molecule has 2 heterocycles. The lowest BCUT2D eigenvalue weighted by Crippen LogP contribution is -2.09. The molecule has 0 fully saturated rings. The van der Waals surface area contributed by atoms with E-state index in [1.807, 2.05) is 36.4 Å². The van der Waals surface area contributed by atoms with Crippen LogP contribution in [0.4, 0.5) is 17.1 Å². The quantitative estimate of drug-likeness (QED) is 0.170. The molecule has 0 saturated carbocycles. The highest BCUT2D eigenvalue weighted by Crippen LogP contribution is 2.40. The summed E-state index contributed by atoms with van der Waals surface area (Å²) in [6.07, 6.45) is 0. The van der Waals surface area contributed by atoms with E-state index in [2.05, 4.69) is 173 Å². The third-order valence-corrected chi connectivity index (χ3v) is 9.56. The smallest absolute Gasteiger partial charge is 0.0991 e. The van der Waals surface area contributed by atoms with E-state index in [0.717, 1.165) is 67.4 Å². The molecule has 9 aromatic rings. The van der Waals surface area contributed by atoms with E-state index in [4.69, 9.17) is 4.98 Å². The van der Waals surface area contributed by atoms with Crippen molar-refractivity contribution in [2.45, 2.75) is 0 Å². The number of aromatic nitrogens is 2. The van der Waals surface area contributed by atoms with Gasteiger partial charge in [-0.15, -0.1) is 0 Å². The van der Waals surface area contributed by atoms with E-state index in [1.165, 1.54) is 10.8 Å². The first-order valence-corrected chi connectivity index (χ1v) is 17.4. The fraction of sp³-hybridized carbons (Fsp3) is 0. The summed E-state index contributed by atoms with van der Waals surface area (Å²) in [7, 11) is 0. The summed E-state index contributed by atoms with van der Waals surface area (Å²) in [6.45, 7) is 0. The molecule has 0 aliphatic rings. The molecule has 4 nitrogen and oxygen atoms in total. The monoisotopic (exact) mass is 664 g/mol. The van der Waals surface area contributed by atoms with Gasteiger partial charge in [0, 0.05) is 44.6 Å². The Bertz CT molecular complexity index is 2700. The molecule has 0 unspecified atom stereocenters. The van der Waals surface area contributed by atoms with Gasteiger partial charge in [0.15, 0.2) is 0 Å². The van der Waals surface area contributed by atoms with Crippen LogP contribution in [-0.4, -0.2) is 9.55 Å². The van der Waals surface area contributed by atoms with Crippen molar-refractivity contribution < 1.29 is 0 Å². The molecule has 0 aliphatic carbocycles. The summed E-state index contributed by atoms with van der Waals surface area (Å²) in [5.41, 5.74) is 12.9. The van der Waals surface area contributed by atoms with Gasteiger partial charge < -0.3 is 9.47 Å². The third-order valence-electron chi connectivity index (χ3n) is 9.56. The standard InChI is InChI=1S/C48H32N4/c49-33-34-14-12-17-36(28-34)37-29-38(46-24-13-23-45(50-46)35-15-4-1-5-16-35)31-42(30-37)52-47-25-11-10-22-43(47)44-27-26-41(32-48(44)52)51(39-18-6-2-7-19-39)40-20-8-3-9-21-40/h1-32H. The molecule has 0 atom stereocenters. The van der Waals surface area contributed by atoms with E-state index in [0.29, 0.717) is 5.56 Å². The lowest BCUT2D eigenvalue weighted by atomic mass is 9.98. The van der Waals surface area contributed by atoms with Crippen LogP contribution in [0.5, 0.6) is 0 Å². The first-order valence-electron chi connectivity index (χ1n) is 17.4. The van der Waals surface area contributed by atoms with Crippen molar-refractivity contribution >= 4 is 38.9 Å². The van der Waals surface area contributed by atoms with Gasteiger partial charge in [-0.05, 0) is 96.1 Å². The van der Waals surface area contributed by atoms with Gasteiger partial charge in [-0.25, -0.2) is 4.98 Å². The Morgan fingerprint density at radius 3 is 1.75 bits per heavy atom. The number of para-hydroxylation sites is 3. The molecule has 244 valence electrons. The lowest BCUT2D eigenvalue weighted by Gasteiger charge is -2.25. The highest BCUT2D eigenvalue weighted by atomic mass is 15.1. The number of hydrogen-bond acceptors (Lipinski definition) is 3. The molecule has 9 rings (SSSR count). The molecule has 2 aromatic heterocycles.